The molecular weight excluding hydrogens is 328 g/mol. The molecule has 0 saturated heterocycles. The zero-order chi connectivity index (χ0) is 18.2. The zero-order valence-corrected chi connectivity index (χ0v) is 13.4. The lowest BCUT2D eigenvalue weighted by Crippen LogP contribution is -2.30. The van der Waals surface area contributed by atoms with Gasteiger partial charge in [0.15, 0.2) is 0 Å². The predicted molar refractivity (Wildman–Crippen MR) is 88.2 cm³/mol. The van der Waals surface area contributed by atoms with Crippen LogP contribution in [0.1, 0.15) is 5.56 Å². The molecule has 0 fully saturated rings. The van der Waals surface area contributed by atoms with Crippen molar-refractivity contribution in [1.29, 1.82) is 5.26 Å². The van der Waals surface area contributed by atoms with E-state index in [1.165, 1.54) is 29.1 Å². The molecule has 10 heteroatoms. The van der Waals surface area contributed by atoms with Crippen LogP contribution in [-0.4, -0.2) is 40.9 Å². The predicted octanol–water partition coefficient (Wildman–Crippen LogP) is 1.17. The Hall–Kier alpha value is -3.45. The van der Waals surface area contributed by atoms with Crippen LogP contribution in [0.2, 0.25) is 0 Å². The van der Waals surface area contributed by atoms with Crippen LogP contribution in [0.5, 0.6) is 0 Å². The largest absolute Gasteiger partial charge is 0.383 e. The molecule has 0 saturated carbocycles. The molecular formula is C15H16N6O4. The van der Waals surface area contributed by atoms with Gasteiger partial charge < -0.3 is 15.4 Å². The van der Waals surface area contributed by atoms with E-state index in [1.54, 1.807) is 13.3 Å². The SMILES string of the molecule is COCCNC(=O)Cn1cc(Nc2ccc([N+](=O)[O-])cc2C#N)cn1. The van der Waals surface area contributed by atoms with E-state index in [0.29, 0.717) is 24.5 Å². The van der Waals surface area contributed by atoms with Gasteiger partial charge in [0, 0.05) is 32.0 Å². The quantitative estimate of drug-likeness (QED) is 0.417. The number of hydrogen-bond acceptors (Lipinski definition) is 7. The van der Waals surface area contributed by atoms with Gasteiger partial charge in [0.1, 0.15) is 12.6 Å². The fraction of sp³-hybridized carbons (Fsp3) is 0.267. The smallest absolute Gasteiger partial charge is 0.270 e. The number of ether oxygens (including phenoxy) is 1. The maximum Gasteiger partial charge on any atom is 0.270 e. The first-order valence-corrected chi connectivity index (χ1v) is 7.27. The molecule has 1 aromatic carbocycles. The van der Waals surface area contributed by atoms with E-state index >= 15 is 0 Å². The molecule has 10 nitrogen and oxygen atoms in total. The number of aromatic nitrogens is 2. The Morgan fingerprint density at radius 1 is 1.52 bits per heavy atom. The number of rotatable bonds is 8. The van der Waals surface area contributed by atoms with Gasteiger partial charge in [-0.2, -0.15) is 10.4 Å². The first-order valence-electron chi connectivity index (χ1n) is 7.27. The van der Waals surface area contributed by atoms with E-state index in [0.717, 1.165) is 0 Å². The van der Waals surface area contributed by atoms with Gasteiger partial charge in [-0.1, -0.05) is 0 Å². The number of nitro benzene ring substituents is 1. The molecule has 1 heterocycles. The second-order valence-corrected chi connectivity index (χ2v) is 4.99. The summed E-state index contributed by atoms with van der Waals surface area (Å²) in [6.07, 6.45) is 3.09. The van der Waals surface area contributed by atoms with Crippen molar-refractivity contribution in [1.82, 2.24) is 15.1 Å². The summed E-state index contributed by atoms with van der Waals surface area (Å²) >= 11 is 0. The van der Waals surface area contributed by atoms with Gasteiger partial charge in [-0.25, -0.2) is 0 Å². The number of benzene rings is 1. The Kier molecular flexibility index (Phi) is 6.02. The molecule has 1 aromatic heterocycles. The van der Waals surface area contributed by atoms with Crippen LogP contribution in [0.4, 0.5) is 17.1 Å². The summed E-state index contributed by atoms with van der Waals surface area (Å²) in [5.41, 5.74) is 0.942. The molecule has 0 atom stereocenters. The number of hydrogen-bond donors (Lipinski definition) is 2. The molecule has 25 heavy (non-hydrogen) atoms. The number of non-ortho nitro benzene ring substituents is 1. The number of nitriles is 1. The van der Waals surface area contributed by atoms with Crippen LogP contribution in [0.25, 0.3) is 0 Å². The standard InChI is InChI=1S/C15H16N6O4/c1-25-5-4-17-15(22)10-20-9-12(8-18-20)19-14-3-2-13(21(23)24)6-11(14)7-16/h2-3,6,8-9,19H,4-5,10H2,1H3,(H,17,22). The second kappa shape index (κ2) is 8.42. The fourth-order valence-corrected chi connectivity index (χ4v) is 2.01. The number of nitrogens with one attached hydrogen (secondary N) is 2. The van der Waals surface area contributed by atoms with Gasteiger partial charge in [-0.3, -0.25) is 19.6 Å². The van der Waals surface area contributed by atoms with E-state index in [9.17, 15) is 14.9 Å². The molecule has 0 aliphatic heterocycles. The number of methoxy groups -OCH3 is 1. The third-order valence-corrected chi connectivity index (χ3v) is 3.18. The lowest BCUT2D eigenvalue weighted by Gasteiger charge is -2.06. The summed E-state index contributed by atoms with van der Waals surface area (Å²) in [6.45, 7) is 0.877. The highest BCUT2D eigenvalue weighted by Crippen LogP contribution is 2.24. The molecule has 0 bridgehead atoms. The van der Waals surface area contributed by atoms with Gasteiger partial charge in [0.05, 0.1) is 34.7 Å². The van der Waals surface area contributed by atoms with Crippen LogP contribution in [0.3, 0.4) is 0 Å². The minimum absolute atomic E-state index is 0.0385. The van der Waals surface area contributed by atoms with Crippen molar-refractivity contribution in [3.63, 3.8) is 0 Å². The number of carbonyl (C=O) groups is 1. The Bertz CT molecular complexity index is 811. The highest BCUT2D eigenvalue weighted by Gasteiger charge is 2.12. The fourth-order valence-electron chi connectivity index (χ4n) is 2.01. The van der Waals surface area contributed by atoms with Gasteiger partial charge in [-0.05, 0) is 6.07 Å². The Morgan fingerprint density at radius 2 is 2.32 bits per heavy atom. The minimum atomic E-state index is -0.565. The van der Waals surface area contributed by atoms with Crippen molar-refractivity contribution in [2.75, 3.05) is 25.6 Å². The number of nitrogens with zero attached hydrogens (tertiary/aromatic N) is 4. The van der Waals surface area contributed by atoms with Gasteiger partial charge >= 0.3 is 0 Å². The van der Waals surface area contributed by atoms with Gasteiger partial charge in [-0.15, -0.1) is 0 Å². The molecule has 130 valence electrons. The summed E-state index contributed by atoms with van der Waals surface area (Å²) < 4.78 is 6.27. The van der Waals surface area contributed by atoms with E-state index in [-0.39, 0.29) is 23.7 Å². The van der Waals surface area contributed by atoms with Gasteiger partial charge in [0.25, 0.3) is 5.69 Å². The number of nitro groups is 1. The third kappa shape index (κ3) is 5.02. The summed E-state index contributed by atoms with van der Waals surface area (Å²) in [6, 6.07) is 5.85. The maximum absolute atomic E-state index is 11.7. The Balaban J connectivity index is 2.03. The van der Waals surface area contributed by atoms with Crippen molar-refractivity contribution in [2.24, 2.45) is 0 Å². The molecule has 0 radical (unpaired) electrons. The van der Waals surface area contributed by atoms with Crippen molar-refractivity contribution < 1.29 is 14.5 Å². The molecule has 2 aromatic rings. The highest BCUT2D eigenvalue weighted by atomic mass is 16.6. The van der Waals surface area contributed by atoms with Crippen molar-refractivity contribution in [2.45, 2.75) is 6.54 Å². The van der Waals surface area contributed by atoms with Gasteiger partial charge in [0.2, 0.25) is 5.91 Å². The number of carbonyl (C=O) groups excluding carboxylic acids is 1. The zero-order valence-electron chi connectivity index (χ0n) is 13.4. The van der Waals surface area contributed by atoms with Crippen LogP contribution in [0.15, 0.2) is 30.6 Å². The highest BCUT2D eigenvalue weighted by molar-refractivity contribution is 5.75. The minimum Gasteiger partial charge on any atom is -0.383 e. The molecule has 2 rings (SSSR count). The van der Waals surface area contributed by atoms with Crippen LogP contribution >= 0.6 is 0 Å². The number of amides is 1. The van der Waals surface area contributed by atoms with E-state index < -0.39 is 4.92 Å². The molecule has 0 spiro atoms. The first-order chi connectivity index (χ1) is 12.0. The lowest BCUT2D eigenvalue weighted by atomic mass is 10.1. The second-order valence-electron chi connectivity index (χ2n) is 4.99. The average molecular weight is 344 g/mol. The van der Waals surface area contributed by atoms with E-state index in [1.807, 2.05) is 6.07 Å². The Morgan fingerprint density at radius 3 is 3.00 bits per heavy atom. The number of anilines is 2. The topological polar surface area (TPSA) is 135 Å². The summed E-state index contributed by atoms with van der Waals surface area (Å²) in [7, 11) is 1.55. The van der Waals surface area contributed by atoms with E-state index in [2.05, 4.69) is 15.7 Å². The van der Waals surface area contributed by atoms with Crippen LogP contribution in [0, 0.1) is 21.4 Å². The lowest BCUT2D eigenvalue weighted by molar-refractivity contribution is -0.384. The molecule has 2 N–H and O–H groups in total. The van der Waals surface area contributed by atoms with Crippen LogP contribution in [-0.2, 0) is 16.1 Å². The average Bonchev–Trinajstić information content (AvgIpc) is 3.02. The Labute approximate surface area is 143 Å². The van der Waals surface area contributed by atoms with E-state index in [4.69, 9.17) is 10.00 Å². The molecule has 1 amide bonds. The molecule has 0 aliphatic carbocycles. The third-order valence-electron chi connectivity index (χ3n) is 3.18. The molecule has 0 aliphatic rings. The van der Waals surface area contributed by atoms with Crippen LogP contribution < -0.4 is 10.6 Å². The summed E-state index contributed by atoms with van der Waals surface area (Å²) in [5, 5.41) is 29.6. The molecule has 0 unspecified atom stereocenters. The van der Waals surface area contributed by atoms with Crippen molar-refractivity contribution in [3.05, 3.63) is 46.3 Å². The summed E-state index contributed by atoms with van der Waals surface area (Å²) in [4.78, 5) is 21.9. The van der Waals surface area contributed by atoms with Crippen molar-refractivity contribution in [3.8, 4) is 6.07 Å². The van der Waals surface area contributed by atoms with Crippen molar-refractivity contribution >= 4 is 23.0 Å². The summed E-state index contributed by atoms with van der Waals surface area (Å²) in [5.74, 6) is -0.209. The normalized spacial score (nSPS) is 10.1. The monoisotopic (exact) mass is 344 g/mol. The maximum atomic E-state index is 11.7. The first kappa shape index (κ1) is 17.9.